The van der Waals surface area contributed by atoms with E-state index in [4.69, 9.17) is 4.74 Å². The van der Waals surface area contributed by atoms with E-state index < -0.39 is 0 Å². The summed E-state index contributed by atoms with van der Waals surface area (Å²) in [5.41, 5.74) is 4.88. The lowest BCUT2D eigenvalue weighted by Gasteiger charge is -2.19. The highest BCUT2D eigenvalue weighted by Gasteiger charge is 2.09. The number of hydrogen-bond donors (Lipinski definition) is 1. The van der Waals surface area contributed by atoms with Crippen molar-refractivity contribution >= 4 is 5.69 Å². The summed E-state index contributed by atoms with van der Waals surface area (Å²) in [6, 6.07) is 27.6. The first-order valence-electron chi connectivity index (χ1n) is 8.36. The van der Waals surface area contributed by atoms with Gasteiger partial charge in [0.25, 0.3) is 0 Å². The zero-order valence-corrected chi connectivity index (χ0v) is 14.2. The third-order valence-electron chi connectivity index (χ3n) is 4.26. The van der Waals surface area contributed by atoms with Crippen molar-refractivity contribution in [1.82, 2.24) is 0 Å². The van der Waals surface area contributed by atoms with Gasteiger partial charge in [-0.2, -0.15) is 0 Å². The largest absolute Gasteiger partial charge is 0.497 e. The van der Waals surface area contributed by atoms with Gasteiger partial charge in [0.2, 0.25) is 0 Å². The maximum atomic E-state index is 5.24. The molecule has 0 unspecified atom stereocenters. The molecule has 0 aliphatic heterocycles. The fourth-order valence-electron chi connectivity index (χ4n) is 2.85. The summed E-state index contributed by atoms with van der Waals surface area (Å²) in [7, 11) is 1.69. The van der Waals surface area contributed by atoms with Crippen LogP contribution in [0.1, 0.15) is 24.9 Å². The van der Waals surface area contributed by atoms with Gasteiger partial charge in [0.05, 0.1) is 13.2 Å². The van der Waals surface area contributed by atoms with Crippen LogP contribution in [0.3, 0.4) is 0 Å². The van der Waals surface area contributed by atoms with E-state index in [1.165, 1.54) is 16.7 Å². The lowest BCUT2D eigenvalue weighted by Crippen LogP contribution is -2.09. The summed E-state index contributed by atoms with van der Waals surface area (Å²) in [5.74, 6) is 0.890. The van der Waals surface area contributed by atoms with E-state index in [1.54, 1.807) is 7.11 Å². The molecule has 1 atom stereocenters. The monoisotopic (exact) mass is 317 g/mol. The summed E-state index contributed by atoms with van der Waals surface area (Å²) < 4.78 is 5.24. The predicted molar refractivity (Wildman–Crippen MR) is 102 cm³/mol. The SMILES string of the molecule is CC[C@H](Nc1ccc(-c2ccccc2)cc1)c1ccc(OC)cc1. The molecular formula is C22H23NO. The molecule has 0 radical (unpaired) electrons. The Bertz CT molecular complexity index is 748. The molecule has 24 heavy (non-hydrogen) atoms. The van der Waals surface area contributed by atoms with E-state index in [-0.39, 0.29) is 0 Å². The molecule has 122 valence electrons. The number of rotatable bonds is 6. The first kappa shape index (κ1) is 16.1. The number of nitrogens with one attached hydrogen (secondary N) is 1. The molecule has 0 bridgehead atoms. The third-order valence-corrected chi connectivity index (χ3v) is 4.26. The molecule has 3 aromatic carbocycles. The van der Waals surface area contributed by atoms with Gasteiger partial charge in [0.15, 0.2) is 0 Å². The van der Waals surface area contributed by atoms with Gasteiger partial charge < -0.3 is 10.1 Å². The van der Waals surface area contributed by atoms with Gasteiger partial charge in [-0.25, -0.2) is 0 Å². The van der Waals surface area contributed by atoms with E-state index in [0.717, 1.165) is 17.9 Å². The van der Waals surface area contributed by atoms with Gasteiger partial charge >= 0.3 is 0 Å². The van der Waals surface area contributed by atoms with E-state index in [1.807, 2.05) is 18.2 Å². The molecule has 0 spiro atoms. The van der Waals surface area contributed by atoms with E-state index in [2.05, 4.69) is 72.9 Å². The van der Waals surface area contributed by atoms with Crippen LogP contribution in [-0.2, 0) is 0 Å². The van der Waals surface area contributed by atoms with Crippen LogP contribution in [0.25, 0.3) is 11.1 Å². The standard InChI is InChI=1S/C22H23NO/c1-3-22(19-11-15-21(24-2)16-12-19)23-20-13-9-18(10-14-20)17-7-5-4-6-8-17/h4-16,22-23H,3H2,1-2H3/t22-/m0/s1. The average molecular weight is 317 g/mol. The fourth-order valence-corrected chi connectivity index (χ4v) is 2.85. The van der Waals surface area contributed by atoms with Crippen molar-refractivity contribution < 1.29 is 4.74 Å². The first-order valence-corrected chi connectivity index (χ1v) is 8.36. The number of ether oxygens (including phenoxy) is 1. The molecule has 0 aliphatic carbocycles. The summed E-state index contributed by atoms with van der Waals surface area (Å²) >= 11 is 0. The van der Waals surface area contributed by atoms with Crippen molar-refractivity contribution in [2.24, 2.45) is 0 Å². The highest BCUT2D eigenvalue weighted by Crippen LogP contribution is 2.26. The molecule has 0 aromatic heterocycles. The quantitative estimate of drug-likeness (QED) is 0.609. The van der Waals surface area contributed by atoms with Crippen molar-refractivity contribution in [1.29, 1.82) is 0 Å². The normalized spacial score (nSPS) is 11.8. The van der Waals surface area contributed by atoms with Gasteiger partial charge in [-0.15, -0.1) is 0 Å². The summed E-state index contributed by atoms with van der Waals surface area (Å²) in [4.78, 5) is 0. The Balaban J connectivity index is 1.73. The van der Waals surface area contributed by atoms with Crippen LogP contribution in [0.15, 0.2) is 78.9 Å². The molecule has 0 saturated carbocycles. The van der Waals surface area contributed by atoms with Gasteiger partial charge in [-0.1, -0.05) is 61.5 Å². The zero-order valence-electron chi connectivity index (χ0n) is 14.2. The van der Waals surface area contributed by atoms with E-state index in [9.17, 15) is 0 Å². The predicted octanol–water partition coefficient (Wildman–Crippen LogP) is 5.93. The minimum Gasteiger partial charge on any atom is -0.497 e. The molecule has 3 rings (SSSR count). The molecular weight excluding hydrogens is 294 g/mol. The molecule has 0 heterocycles. The Labute approximate surface area is 144 Å². The maximum Gasteiger partial charge on any atom is 0.118 e. The Morgan fingerprint density at radius 3 is 2.00 bits per heavy atom. The first-order chi connectivity index (χ1) is 11.8. The fraction of sp³-hybridized carbons (Fsp3) is 0.182. The van der Waals surface area contributed by atoms with Crippen LogP contribution in [-0.4, -0.2) is 7.11 Å². The van der Waals surface area contributed by atoms with Crippen LogP contribution >= 0.6 is 0 Å². The molecule has 0 fully saturated rings. The van der Waals surface area contributed by atoms with E-state index in [0.29, 0.717) is 6.04 Å². The second-order valence-electron chi connectivity index (χ2n) is 5.82. The van der Waals surface area contributed by atoms with Crippen LogP contribution < -0.4 is 10.1 Å². The lowest BCUT2D eigenvalue weighted by atomic mass is 10.0. The van der Waals surface area contributed by atoms with Crippen molar-refractivity contribution in [3.63, 3.8) is 0 Å². The Hall–Kier alpha value is -2.74. The van der Waals surface area contributed by atoms with Crippen molar-refractivity contribution in [2.45, 2.75) is 19.4 Å². The Kier molecular flexibility index (Phi) is 5.17. The highest BCUT2D eigenvalue weighted by atomic mass is 16.5. The van der Waals surface area contributed by atoms with Crippen LogP contribution in [0, 0.1) is 0 Å². The molecule has 1 N–H and O–H groups in total. The molecule has 0 amide bonds. The van der Waals surface area contributed by atoms with Crippen LogP contribution in [0.4, 0.5) is 5.69 Å². The third kappa shape index (κ3) is 3.77. The van der Waals surface area contributed by atoms with E-state index >= 15 is 0 Å². The zero-order chi connectivity index (χ0) is 16.8. The number of methoxy groups -OCH3 is 1. The Morgan fingerprint density at radius 1 is 0.792 bits per heavy atom. The van der Waals surface area contributed by atoms with Gasteiger partial charge in [0.1, 0.15) is 5.75 Å². The maximum absolute atomic E-state index is 5.24. The smallest absolute Gasteiger partial charge is 0.118 e. The molecule has 3 aromatic rings. The second kappa shape index (κ2) is 7.69. The number of benzene rings is 3. The summed E-state index contributed by atoms with van der Waals surface area (Å²) in [5, 5.41) is 3.62. The van der Waals surface area contributed by atoms with Crippen molar-refractivity contribution in [3.8, 4) is 16.9 Å². The highest BCUT2D eigenvalue weighted by molar-refractivity contribution is 5.66. The summed E-state index contributed by atoms with van der Waals surface area (Å²) in [6.45, 7) is 2.19. The van der Waals surface area contributed by atoms with Crippen LogP contribution in [0.5, 0.6) is 5.75 Å². The lowest BCUT2D eigenvalue weighted by molar-refractivity contribution is 0.414. The average Bonchev–Trinajstić information content (AvgIpc) is 2.67. The molecule has 0 saturated heterocycles. The topological polar surface area (TPSA) is 21.3 Å². The number of anilines is 1. The van der Waals surface area contributed by atoms with Gasteiger partial charge in [-0.05, 0) is 47.4 Å². The molecule has 2 heteroatoms. The summed E-state index contributed by atoms with van der Waals surface area (Å²) in [6.07, 6.45) is 1.02. The Morgan fingerprint density at radius 2 is 1.42 bits per heavy atom. The minimum absolute atomic E-state index is 0.290. The minimum atomic E-state index is 0.290. The number of hydrogen-bond acceptors (Lipinski definition) is 2. The van der Waals surface area contributed by atoms with Gasteiger partial charge in [0, 0.05) is 5.69 Å². The molecule has 0 aliphatic rings. The van der Waals surface area contributed by atoms with Crippen molar-refractivity contribution in [2.75, 3.05) is 12.4 Å². The van der Waals surface area contributed by atoms with Crippen LogP contribution in [0.2, 0.25) is 0 Å². The van der Waals surface area contributed by atoms with Crippen molar-refractivity contribution in [3.05, 3.63) is 84.4 Å². The molecule has 2 nitrogen and oxygen atoms in total. The second-order valence-corrected chi connectivity index (χ2v) is 5.82. The van der Waals surface area contributed by atoms with Gasteiger partial charge in [-0.3, -0.25) is 0 Å².